The topological polar surface area (TPSA) is 69.6 Å². The molecule has 1 fully saturated rings. The molecule has 0 aromatic carbocycles. The molecular formula is C12H14ClN5. The second-order valence-electron chi connectivity index (χ2n) is 4.70. The fourth-order valence-electron chi connectivity index (χ4n) is 2.07. The Hall–Kier alpha value is -1.62. The molecule has 0 spiro atoms. The van der Waals surface area contributed by atoms with E-state index < -0.39 is 0 Å². The fourth-order valence-corrected chi connectivity index (χ4v) is 2.26. The van der Waals surface area contributed by atoms with Gasteiger partial charge < -0.3 is 5.73 Å². The Morgan fingerprint density at radius 3 is 2.94 bits per heavy atom. The van der Waals surface area contributed by atoms with Crippen LogP contribution < -0.4 is 5.73 Å². The van der Waals surface area contributed by atoms with Gasteiger partial charge in [-0.25, -0.2) is 9.97 Å². The molecule has 5 nitrogen and oxygen atoms in total. The summed E-state index contributed by atoms with van der Waals surface area (Å²) >= 11 is 6.15. The third-order valence-electron chi connectivity index (χ3n) is 3.26. The van der Waals surface area contributed by atoms with E-state index in [2.05, 4.69) is 15.1 Å². The quantitative estimate of drug-likeness (QED) is 0.920. The molecular weight excluding hydrogens is 250 g/mol. The van der Waals surface area contributed by atoms with Crippen molar-refractivity contribution in [3.63, 3.8) is 0 Å². The molecule has 0 amide bonds. The first-order valence-electron chi connectivity index (χ1n) is 5.94. The summed E-state index contributed by atoms with van der Waals surface area (Å²) in [5.74, 6) is 1.01. The summed E-state index contributed by atoms with van der Waals surface area (Å²) in [5.41, 5.74) is 8.43. The molecule has 2 heterocycles. The van der Waals surface area contributed by atoms with E-state index in [-0.39, 0.29) is 5.95 Å². The number of anilines is 1. The monoisotopic (exact) mass is 263 g/mol. The number of nitrogens with two attached hydrogens (primary N) is 1. The van der Waals surface area contributed by atoms with Gasteiger partial charge in [0.1, 0.15) is 0 Å². The van der Waals surface area contributed by atoms with Crippen LogP contribution in [0.15, 0.2) is 12.4 Å². The van der Waals surface area contributed by atoms with Crippen molar-refractivity contribution in [1.82, 2.24) is 19.7 Å². The van der Waals surface area contributed by atoms with Crippen molar-refractivity contribution in [2.75, 3.05) is 5.73 Å². The molecule has 18 heavy (non-hydrogen) atoms. The summed E-state index contributed by atoms with van der Waals surface area (Å²) < 4.78 is 1.89. The number of halogens is 1. The van der Waals surface area contributed by atoms with E-state index in [9.17, 15) is 0 Å². The van der Waals surface area contributed by atoms with Crippen LogP contribution in [-0.4, -0.2) is 19.7 Å². The zero-order valence-corrected chi connectivity index (χ0v) is 10.9. The summed E-state index contributed by atoms with van der Waals surface area (Å²) in [7, 11) is 1.94. The number of hydrogen-bond acceptors (Lipinski definition) is 4. The number of aromatic nitrogens is 4. The van der Waals surface area contributed by atoms with Gasteiger partial charge >= 0.3 is 0 Å². The third-order valence-corrected chi connectivity index (χ3v) is 3.53. The molecule has 6 heteroatoms. The Morgan fingerprint density at radius 2 is 2.22 bits per heavy atom. The second-order valence-corrected chi connectivity index (χ2v) is 5.11. The first kappa shape index (κ1) is 11.5. The number of nitrogens with zero attached hydrogens (tertiary/aromatic N) is 4. The molecule has 1 aliphatic rings. The van der Waals surface area contributed by atoms with Crippen LogP contribution >= 0.6 is 11.6 Å². The Balaban J connectivity index is 2.07. The van der Waals surface area contributed by atoms with Gasteiger partial charge in [0.15, 0.2) is 0 Å². The summed E-state index contributed by atoms with van der Waals surface area (Å²) in [4.78, 5) is 8.11. The fraction of sp³-hybridized carbons (Fsp3) is 0.417. The number of rotatable bonds is 3. The molecule has 0 unspecified atom stereocenters. The SMILES string of the molecule is Cn1ncc(-c2nc(N)ncc2Cl)c1CC1CC1. The minimum absolute atomic E-state index is 0.232. The van der Waals surface area contributed by atoms with Gasteiger partial charge in [-0.05, 0) is 25.2 Å². The van der Waals surface area contributed by atoms with Crippen molar-refractivity contribution in [3.8, 4) is 11.3 Å². The Kier molecular flexibility index (Phi) is 2.70. The highest BCUT2D eigenvalue weighted by Crippen LogP contribution is 2.36. The maximum atomic E-state index is 6.15. The zero-order chi connectivity index (χ0) is 12.7. The molecule has 1 aliphatic carbocycles. The number of aryl methyl sites for hydroxylation is 1. The first-order chi connectivity index (χ1) is 8.65. The molecule has 94 valence electrons. The molecule has 2 N–H and O–H groups in total. The summed E-state index contributed by atoms with van der Waals surface area (Å²) in [6, 6.07) is 0. The van der Waals surface area contributed by atoms with Gasteiger partial charge in [-0.1, -0.05) is 11.6 Å². The van der Waals surface area contributed by atoms with E-state index in [4.69, 9.17) is 17.3 Å². The van der Waals surface area contributed by atoms with Gasteiger partial charge in [0.2, 0.25) is 5.95 Å². The lowest BCUT2D eigenvalue weighted by Crippen LogP contribution is -2.02. The van der Waals surface area contributed by atoms with Gasteiger partial charge in [-0.3, -0.25) is 4.68 Å². The van der Waals surface area contributed by atoms with E-state index in [1.807, 2.05) is 11.7 Å². The lowest BCUT2D eigenvalue weighted by atomic mass is 10.1. The van der Waals surface area contributed by atoms with Crippen LogP contribution in [0.4, 0.5) is 5.95 Å². The van der Waals surface area contributed by atoms with Gasteiger partial charge in [-0.2, -0.15) is 5.10 Å². The van der Waals surface area contributed by atoms with Crippen LogP contribution in [0.25, 0.3) is 11.3 Å². The third kappa shape index (κ3) is 2.06. The van der Waals surface area contributed by atoms with Crippen LogP contribution in [0.3, 0.4) is 0 Å². The van der Waals surface area contributed by atoms with Crippen molar-refractivity contribution < 1.29 is 0 Å². The molecule has 2 aromatic rings. The van der Waals surface area contributed by atoms with Crippen molar-refractivity contribution in [2.45, 2.75) is 19.3 Å². The summed E-state index contributed by atoms with van der Waals surface area (Å²) in [5, 5.41) is 4.81. The van der Waals surface area contributed by atoms with E-state index in [1.54, 1.807) is 6.20 Å². The maximum Gasteiger partial charge on any atom is 0.220 e. The van der Waals surface area contributed by atoms with E-state index >= 15 is 0 Å². The molecule has 3 rings (SSSR count). The van der Waals surface area contributed by atoms with Crippen LogP contribution in [0.5, 0.6) is 0 Å². The Bertz CT molecular complexity index is 588. The zero-order valence-electron chi connectivity index (χ0n) is 10.1. The normalized spacial score (nSPS) is 15.0. The Labute approximate surface area is 110 Å². The highest BCUT2D eigenvalue weighted by Gasteiger charge is 2.25. The van der Waals surface area contributed by atoms with Gasteiger partial charge in [0, 0.05) is 18.3 Å². The minimum Gasteiger partial charge on any atom is -0.368 e. The lowest BCUT2D eigenvalue weighted by molar-refractivity contribution is 0.677. The summed E-state index contributed by atoms with van der Waals surface area (Å²) in [6.07, 6.45) is 6.94. The molecule has 1 saturated carbocycles. The Morgan fingerprint density at radius 1 is 1.44 bits per heavy atom. The largest absolute Gasteiger partial charge is 0.368 e. The van der Waals surface area contributed by atoms with Crippen LogP contribution in [0.1, 0.15) is 18.5 Å². The highest BCUT2D eigenvalue weighted by atomic mass is 35.5. The molecule has 0 aliphatic heterocycles. The lowest BCUT2D eigenvalue weighted by Gasteiger charge is -2.06. The number of nitrogen functional groups attached to an aromatic ring is 1. The second kappa shape index (κ2) is 4.24. The van der Waals surface area contributed by atoms with Crippen LogP contribution in [-0.2, 0) is 13.5 Å². The highest BCUT2D eigenvalue weighted by molar-refractivity contribution is 6.32. The van der Waals surface area contributed by atoms with Gasteiger partial charge in [0.05, 0.1) is 23.1 Å². The van der Waals surface area contributed by atoms with Crippen LogP contribution in [0, 0.1) is 5.92 Å². The standard InChI is InChI=1S/C12H14ClN5/c1-18-10(4-7-2-3-7)8(5-16-18)11-9(13)6-15-12(14)17-11/h5-7H,2-4H2,1H3,(H2,14,15,17). The molecule has 0 bridgehead atoms. The average molecular weight is 264 g/mol. The van der Waals surface area contributed by atoms with E-state index in [0.29, 0.717) is 10.7 Å². The predicted octanol–water partition coefficient (Wildman–Crippen LogP) is 2.07. The van der Waals surface area contributed by atoms with E-state index in [0.717, 1.165) is 23.6 Å². The molecule has 2 aromatic heterocycles. The summed E-state index contributed by atoms with van der Waals surface area (Å²) in [6.45, 7) is 0. The maximum absolute atomic E-state index is 6.15. The minimum atomic E-state index is 0.232. The smallest absolute Gasteiger partial charge is 0.220 e. The van der Waals surface area contributed by atoms with Crippen molar-refractivity contribution in [2.24, 2.45) is 13.0 Å². The number of hydrogen-bond donors (Lipinski definition) is 1. The van der Waals surface area contributed by atoms with E-state index in [1.165, 1.54) is 19.0 Å². The molecule has 0 saturated heterocycles. The van der Waals surface area contributed by atoms with Crippen molar-refractivity contribution >= 4 is 17.5 Å². The molecule has 0 atom stereocenters. The van der Waals surface area contributed by atoms with Crippen molar-refractivity contribution in [1.29, 1.82) is 0 Å². The molecule has 0 radical (unpaired) electrons. The average Bonchev–Trinajstić information content (AvgIpc) is 3.09. The van der Waals surface area contributed by atoms with Gasteiger partial charge in [0.25, 0.3) is 0 Å². The van der Waals surface area contributed by atoms with Crippen molar-refractivity contribution in [3.05, 3.63) is 23.1 Å². The van der Waals surface area contributed by atoms with Crippen LogP contribution in [0.2, 0.25) is 5.02 Å². The predicted molar refractivity (Wildman–Crippen MR) is 70.1 cm³/mol. The first-order valence-corrected chi connectivity index (χ1v) is 6.32. The van der Waals surface area contributed by atoms with Gasteiger partial charge in [-0.15, -0.1) is 0 Å².